The number of benzene rings is 1. The number of piperidine rings is 1. The maximum atomic E-state index is 6.25. The van der Waals surface area contributed by atoms with Crippen molar-refractivity contribution in [2.45, 2.75) is 51.8 Å². The highest BCUT2D eigenvalue weighted by atomic mass is 35.5. The van der Waals surface area contributed by atoms with Crippen LogP contribution in [0.1, 0.15) is 38.7 Å². The van der Waals surface area contributed by atoms with Crippen LogP contribution >= 0.6 is 24.0 Å². The van der Waals surface area contributed by atoms with Gasteiger partial charge < -0.3 is 15.2 Å². The fourth-order valence-corrected chi connectivity index (χ4v) is 3.83. The number of rotatable bonds is 5. The van der Waals surface area contributed by atoms with Crippen LogP contribution in [-0.4, -0.2) is 43.3 Å². The molecule has 0 amide bonds. The van der Waals surface area contributed by atoms with Crippen LogP contribution in [0.25, 0.3) is 0 Å². The first kappa shape index (κ1) is 20.8. The highest BCUT2D eigenvalue weighted by Crippen LogP contribution is 2.31. The second-order valence-corrected chi connectivity index (χ2v) is 8.23. The summed E-state index contributed by atoms with van der Waals surface area (Å²) in [6.07, 6.45) is 3.46. The Kier molecular flexibility index (Phi) is 7.41. The van der Waals surface area contributed by atoms with E-state index in [2.05, 4.69) is 18.7 Å². The number of halogens is 2. The third-order valence-corrected chi connectivity index (χ3v) is 5.49. The van der Waals surface area contributed by atoms with Gasteiger partial charge in [0.1, 0.15) is 12.4 Å². The van der Waals surface area contributed by atoms with E-state index >= 15 is 0 Å². The molecule has 1 aromatic carbocycles. The molecule has 2 N–H and O–H groups in total. The molecule has 2 unspecified atom stereocenters. The fourth-order valence-electron chi connectivity index (χ4n) is 3.63. The van der Waals surface area contributed by atoms with E-state index < -0.39 is 0 Å². The lowest BCUT2D eigenvalue weighted by molar-refractivity contribution is 0.0658. The van der Waals surface area contributed by atoms with E-state index in [1.54, 1.807) is 0 Å². The lowest BCUT2D eigenvalue weighted by Gasteiger charge is -2.42. The Morgan fingerprint density at radius 2 is 2.16 bits per heavy atom. The van der Waals surface area contributed by atoms with Crippen molar-refractivity contribution in [2.75, 3.05) is 26.3 Å². The summed E-state index contributed by atoms with van der Waals surface area (Å²) in [5, 5.41) is 0.752. The Bertz CT molecular complexity index is 562. The van der Waals surface area contributed by atoms with Crippen molar-refractivity contribution in [3.63, 3.8) is 0 Å². The normalized spacial score (nSPS) is 26.2. The average molecular weight is 389 g/mol. The van der Waals surface area contributed by atoms with E-state index in [9.17, 15) is 0 Å². The minimum Gasteiger partial charge on any atom is -0.491 e. The topological polar surface area (TPSA) is 47.7 Å². The quantitative estimate of drug-likeness (QED) is 0.830. The molecule has 142 valence electrons. The van der Waals surface area contributed by atoms with Crippen LogP contribution in [0.15, 0.2) is 18.2 Å². The Balaban J connectivity index is 0.00000225. The Hall–Kier alpha value is -0.520. The fraction of sp³-hybridized carbons (Fsp3) is 0.684. The van der Waals surface area contributed by atoms with Crippen molar-refractivity contribution >= 4 is 24.0 Å². The van der Waals surface area contributed by atoms with Gasteiger partial charge in [-0.1, -0.05) is 25.4 Å². The molecule has 3 rings (SSSR count). The van der Waals surface area contributed by atoms with Gasteiger partial charge >= 0.3 is 0 Å². The molecule has 2 aliphatic heterocycles. The van der Waals surface area contributed by atoms with Gasteiger partial charge in [0.25, 0.3) is 0 Å². The summed E-state index contributed by atoms with van der Waals surface area (Å²) in [4.78, 5) is 2.45. The molecule has 2 saturated heterocycles. The Morgan fingerprint density at radius 1 is 1.36 bits per heavy atom. The minimum absolute atomic E-state index is 0. The zero-order chi connectivity index (χ0) is 17.2. The summed E-state index contributed by atoms with van der Waals surface area (Å²) in [6.45, 7) is 8.81. The first-order valence-electron chi connectivity index (χ1n) is 8.95. The molecule has 2 aliphatic rings. The molecule has 4 nitrogen and oxygen atoms in total. The average Bonchev–Trinajstić information content (AvgIpc) is 3.03. The van der Waals surface area contributed by atoms with Crippen LogP contribution in [0.3, 0.4) is 0 Å². The van der Waals surface area contributed by atoms with Crippen LogP contribution in [0.4, 0.5) is 0 Å². The molecule has 2 fully saturated rings. The van der Waals surface area contributed by atoms with Crippen LogP contribution in [0, 0.1) is 5.41 Å². The Labute approximate surface area is 162 Å². The molecular weight excluding hydrogens is 359 g/mol. The van der Waals surface area contributed by atoms with E-state index in [-0.39, 0.29) is 30.0 Å². The Morgan fingerprint density at radius 3 is 2.84 bits per heavy atom. The van der Waals surface area contributed by atoms with E-state index in [0.29, 0.717) is 6.61 Å². The third-order valence-electron chi connectivity index (χ3n) is 5.26. The lowest BCUT2D eigenvalue weighted by atomic mass is 9.79. The van der Waals surface area contributed by atoms with E-state index in [1.807, 2.05) is 18.2 Å². The molecule has 0 aromatic heterocycles. The van der Waals surface area contributed by atoms with Gasteiger partial charge in [-0.15, -0.1) is 12.4 Å². The minimum atomic E-state index is 0. The first-order chi connectivity index (χ1) is 11.4. The lowest BCUT2D eigenvalue weighted by Crippen LogP contribution is -2.52. The zero-order valence-corrected chi connectivity index (χ0v) is 16.7. The predicted molar refractivity (Wildman–Crippen MR) is 105 cm³/mol. The van der Waals surface area contributed by atoms with Gasteiger partial charge in [-0.05, 0) is 42.9 Å². The van der Waals surface area contributed by atoms with Gasteiger partial charge in [0.05, 0.1) is 6.10 Å². The number of hydrogen-bond acceptors (Lipinski definition) is 4. The molecule has 0 radical (unpaired) electrons. The third kappa shape index (κ3) is 5.48. The highest BCUT2D eigenvalue weighted by Gasteiger charge is 2.33. The number of hydrogen-bond donors (Lipinski definition) is 1. The summed E-state index contributed by atoms with van der Waals surface area (Å²) in [5.41, 5.74) is 7.53. The zero-order valence-electron chi connectivity index (χ0n) is 15.2. The van der Waals surface area contributed by atoms with E-state index in [1.165, 1.54) is 0 Å². The van der Waals surface area contributed by atoms with Crippen LogP contribution < -0.4 is 10.5 Å². The van der Waals surface area contributed by atoms with Gasteiger partial charge in [0, 0.05) is 42.9 Å². The molecule has 25 heavy (non-hydrogen) atoms. The SMILES string of the molecule is CC1(C)CN(Cc2cc(Cl)ccc2OCC2CCCO2)CCC1N.Cl. The second-order valence-electron chi connectivity index (χ2n) is 7.79. The standard InChI is InChI=1S/C19H29ClN2O2.ClH/c1-19(2)13-22(8-7-18(19)21)11-14-10-15(20)5-6-17(14)24-12-16-4-3-9-23-16;/h5-6,10,16,18H,3-4,7-9,11-13,21H2,1-2H3;1H. The largest absolute Gasteiger partial charge is 0.491 e. The molecule has 0 spiro atoms. The molecule has 0 bridgehead atoms. The van der Waals surface area contributed by atoms with Crippen LogP contribution in [-0.2, 0) is 11.3 Å². The number of likely N-dealkylation sites (tertiary alicyclic amines) is 1. The van der Waals surface area contributed by atoms with Gasteiger partial charge in [-0.2, -0.15) is 0 Å². The number of nitrogens with zero attached hydrogens (tertiary/aromatic N) is 1. The van der Waals surface area contributed by atoms with Gasteiger partial charge in [0.2, 0.25) is 0 Å². The molecule has 2 atom stereocenters. The summed E-state index contributed by atoms with van der Waals surface area (Å²) in [7, 11) is 0. The molecule has 0 saturated carbocycles. The summed E-state index contributed by atoms with van der Waals surface area (Å²) < 4.78 is 11.7. The predicted octanol–water partition coefficient (Wildman–Crippen LogP) is 3.88. The molecule has 1 aromatic rings. The van der Waals surface area contributed by atoms with E-state index in [4.69, 9.17) is 26.8 Å². The first-order valence-corrected chi connectivity index (χ1v) is 9.32. The maximum Gasteiger partial charge on any atom is 0.124 e. The van der Waals surface area contributed by atoms with Gasteiger partial charge in [-0.3, -0.25) is 4.90 Å². The van der Waals surface area contributed by atoms with Gasteiger partial charge in [-0.25, -0.2) is 0 Å². The number of ether oxygens (including phenoxy) is 2. The van der Waals surface area contributed by atoms with Crippen molar-refractivity contribution in [3.05, 3.63) is 28.8 Å². The summed E-state index contributed by atoms with van der Waals surface area (Å²) in [6, 6.07) is 6.16. The number of nitrogens with two attached hydrogens (primary N) is 1. The van der Waals surface area contributed by atoms with Crippen molar-refractivity contribution in [1.29, 1.82) is 0 Å². The van der Waals surface area contributed by atoms with Crippen LogP contribution in [0.2, 0.25) is 5.02 Å². The van der Waals surface area contributed by atoms with Gasteiger partial charge in [0.15, 0.2) is 0 Å². The summed E-state index contributed by atoms with van der Waals surface area (Å²) in [5.74, 6) is 0.919. The highest BCUT2D eigenvalue weighted by molar-refractivity contribution is 6.30. The van der Waals surface area contributed by atoms with Crippen molar-refractivity contribution < 1.29 is 9.47 Å². The summed E-state index contributed by atoms with van der Waals surface area (Å²) >= 11 is 6.22. The second kappa shape index (κ2) is 8.92. The van der Waals surface area contributed by atoms with Crippen molar-refractivity contribution in [3.8, 4) is 5.75 Å². The van der Waals surface area contributed by atoms with Crippen molar-refractivity contribution in [1.82, 2.24) is 4.90 Å². The molecule has 0 aliphatic carbocycles. The molecule has 6 heteroatoms. The van der Waals surface area contributed by atoms with Crippen LogP contribution in [0.5, 0.6) is 5.75 Å². The smallest absolute Gasteiger partial charge is 0.124 e. The monoisotopic (exact) mass is 388 g/mol. The molecule has 2 heterocycles. The molecular formula is C19H30Cl2N2O2. The van der Waals surface area contributed by atoms with E-state index in [0.717, 1.165) is 61.8 Å². The van der Waals surface area contributed by atoms with Crippen molar-refractivity contribution in [2.24, 2.45) is 11.1 Å². The maximum absolute atomic E-state index is 6.25.